The van der Waals surface area contributed by atoms with Crippen molar-refractivity contribution >= 4 is 17.5 Å². The van der Waals surface area contributed by atoms with E-state index in [0.29, 0.717) is 12.0 Å². The summed E-state index contributed by atoms with van der Waals surface area (Å²) in [6, 6.07) is 20.6. The molecule has 0 bridgehead atoms. The lowest BCUT2D eigenvalue weighted by Crippen LogP contribution is -2.35. The number of fused-ring (bicyclic) bond motifs is 3. The van der Waals surface area contributed by atoms with Crippen molar-refractivity contribution < 1.29 is 9.53 Å². The summed E-state index contributed by atoms with van der Waals surface area (Å²) in [6.45, 7) is 4.13. The Hall–Kier alpha value is -3.51. The highest BCUT2D eigenvalue weighted by molar-refractivity contribution is 6.31. The molecule has 3 aromatic carbocycles. The van der Waals surface area contributed by atoms with Gasteiger partial charge in [0.05, 0.1) is 13.2 Å². The molecular weight excluding hydrogens is 470 g/mol. The van der Waals surface area contributed by atoms with E-state index in [0.717, 1.165) is 82.4 Å². The highest BCUT2D eigenvalue weighted by Gasteiger charge is 2.25. The quantitative estimate of drug-likeness (QED) is 0.346. The van der Waals surface area contributed by atoms with E-state index in [9.17, 15) is 4.79 Å². The molecule has 6 heteroatoms. The molecule has 1 aliphatic carbocycles. The number of primary amides is 1. The molecule has 0 radical (unpaired) electrons. The van der Waals surface area contributed by atoms with Crippen molar-refractivity contribution in [1.29, 1.82) is 0 Å². The third-order valence-electron chi connectivity index (χ3n) is 7.16. The number of halogens is 1. The van der Waals surface area contributed by atoms with Crippen LogP contribution in [0, 0.1) is 0 Å². The SMILES string of the molecule is NC(=O)c1cc(-c2ccc(CN3CCOCC3)c(Cl)c2)cc2c1Cc1cc(-c3cccnc3)ccc1-2. The molecule has 1 fully saturated rings. The molecule has 2 aliphatic rings. The minimum Gasteiger partial charge on any atom is -0.379 e. The first-order chi connectivity index (χ1) is 17.6. The molecule has 5 nitrogen and oxygen atoms in total. The van der Waals surface area contributed by atoms with Crippen LogP contribution in [0.3, 0.4) is 0 Å². The van der Waals surface area contributed by atoms with Crippen LogP contribution in [0.4, 0.5) is 0 Å². The van der Waals surface area contributed by atoms with E-state index >= 15 is 0 Å². The molecule has 2 N–H and O–H groups in total. The van der Waals surface area contributed by atoms with E-state index < -0.39 is 5.91 Å². The van der Waals surface area contributed by atoms with Gasteiger partial charge in [-0.05, 0) is 80.8 Å². The number of nitrogens with two attached hydrogens (primary N) is 1. The van der Waals surface area contributed by atoms with Crippen LogP contribution >= 0.6 is 11.6 Å². The lowest BCUT2D eigenvalue weighted by atomic mass is 9.93. The molecule has 1 aliphatic heterocycles. The van der Waals surface area contributed by atoms with E-state index in [2.05, 4.69) is 52.3 Å². The number of hydrogen-bond donors (Lipinski definition) is 1. The zero-order valence-electron chi connectivity index (χ0n) is 19.8. The number of amides is 1. The standard InChI is InChI=1S/C30H26ClN3O2/c31-29-16-20(3-4-22(29)18-34-8-10-36-11-9-34)23-13-26-25-6-5-19(21-2-1-7-33-17-21)12-24(25)15-27(26)28(14-23)30(32)35/h1-7,12-14,16-17H,8-11,15,18H2,(H2,32,35). The average molecular weight is 496 g/mol. The zero-order chi connectivity index (χ0) is 24.6. The van der Waals surface area contributed by atoms with Crippen molar-refractivity contribution in [3.8, 4) is 33.4 Å². The summed E-state index contributed by atoms with van der Waals surface area (Å²) < 4.78 is 5.45. The maximum atomic E-state index is 12.5. The molecule has 1 saturated heterocycles. The molecule has 0 saturated carbocycles. The highest BCUT2D eigenvalue weighted by atomic mass is 35.5. The van der Waals surface area contributed by atoms with E-state index in [1.54, 1.807) is 6.20 Å². The van der Waals surface area contributed by atoms with Gasteiger partial charge in [0.25, 0.3) is 0 Å². The first kappa shape index (κ1) is 22.9. The number of benzene rings is 3. The summed E-state index contributed by atoms with van der Waals surface area (Å²) in [7, 11) is 0. The van der Waals surface area contributed by atoms with E-state index in [1.165, 1.54) is 5.56 Å². The Morgan fingerprint density at radius 2 is 1.75 bits per heavy atom. The molecule has 36 heavy (non-hydrogen) atoms. The average Bonchev–Trinajstić information content (AvgIpc) is 3.28. The predicted molar refractivity (Wildman–Crippen MR) is 143 cm³/mol. The molecule has 4 aromatic rings. The number of ether oxygens (including phenoxy) is 1. The van der Waals surface area contributed by atoms with Gasteiger partial charge < -0.3 is 10.5 Å². The van der Waals surface area contributed by atoms with Crippen molar-refractivity contribution in [2.24, 2.45) is 5.73 Å². The van der Waals surface area contributed by atoms with Gasteiger partial charge in [0, 0.05) is 42.6 Å². The molecule has 1 amide bonds. The normalized spacial score (nSPS) is 14.9. The van der Waals surface area contributed by atoms with Crippen molar-refractivity contribution in [3.63, 3.8) is 0 Å². The predicted octanol–water partition coefficient (Wildman–Crippen LogP) is 5.57. The highest BCUT2D eigenvalue weighted by Crippen LogP contribution is 2.42. The zero-order valence-corrected chi connectivity index (χ0v) is 20.6. The largest absolute Gasteiger partial charge is 0.379 e. The Labute approximate surface area is 215 Å². The molecule has 0 spiro atoms. The number of carbonyl (C=O) groups is 1. The van der Waals surface area contributed by atoms with Crippen molar-refractivity contribution in [1.82, 2.24) is 9.88 Å². The van der Waals surface area contributed by atoms with E-state index in [4.69, 9.17) is 22.1 Å². The number of nitrogens with zero attached hydrogens (tertiary/aromatic N) is 2. The summed E-state index contributed by atoms with van der Waals surface area (Å²) in [5.74, 6) is -0.413. The van der Waals surface area contributed by atoms with Gasteiger partial charge in [-0.2, -0.15) is 0 Å². The Balaban J connectivity index is 1.36. The third-order valence-corrected chi connectivity index (χ3v) is 7.51. The number of morpholine rings is 1. The Kier molecular flexibility index (Phi) is 6.05. The van der Waals surface area contributed by atoms with E-state index in [-0.39, 0.29) is 0 Å². The van der Waals surface area contributed by atoms with Gasteiger partial charge in [0.1, 0.15) is 0 Å². The maximum absolute atomic E-state index is 12.5. The van der Waals surface area contributed by atoms with Crippen LogP contribution in [-0.2, 0) is 17.7 Å². The minimum atomic E-state index is -0.413. The first-order valence-electron chi connectivity index (χ1n) is 12.2. The Morgan fingerprint density at radius 1 is 0.944 bits per heavy atom. The minimum absolute atomic E-state index is 0.413. The fraction of sp³-hybridized carbons (Fsp3) is 0.200. The fourth-order valence-corrected chi connectivity index (χ4v) is 5.49. The molecule has 0 unspecified atom stereocenters. The molecule has 6 rings (SSSR count). The smallest absolute Gasteiger partial charge is 0.249 e. The van der Waals surface area contributed by atoms with Crippen LogP contribution in [0.1, 0.15) is 27.0 Å². The molecule has 1 aromatic heterocycles. The molecular formula is C30H26ClN3O2. The number of rotatable bonds is 5. The summed E-state index contributed by atoms with van der Waals surface area (Å²) in [5.41, 5.74) is 16.0. The Bertz CT molecular complexity index is 1460. The van der Waals surface area contributed by atoms with Crippen LogP contribution in [0.5, 0.6) is 0 Å². The maximum Gasteiger partial charge on any atom is 0.249 e. The number of carbonyl (C=O) groups excluding carboxylic acids is 1. The van der Waals surface area contributed by atoms with Gasteiger partial charge in [-0.25, -0.2) is 0 Å². The monoisotopic (exact) mass is 495 g/mol. The number of pyridine rings is 1. The molecule has 180 valence electrons. The number of aromatic nitrogens is 1. The van der Waals surface area contributed by atoms with Crippen LogP contribution in [-0.4, -0.2) is 42.1 Å². The third kappa shape index (κ3) is 4.30. The van der Waals surface area contributed by atoms with Crippen LogP contribution in [0.15, 0.2) is 73.1 Å². The van der Waals surface area contributed by atoms with Crippen molar-refractivity contribution in [2.75, 3.05) is 26.3 Å². The molecule has 2 heterocycles. The second kappa shape index (κ2) is 9.51. The van der Waals surface area contributed by atoms with Crippen LogP contribution < -0.4 is 5.73 Å². The summed E-state index contributed by atoms with van der Waals surface area (Å²) in [5, 5.41) is 0.724. The summed E-state index contributed by atoms with van der Waals surface area (Å²) in [4.78, 5) is 19.1. The summed E-state index contributed by atoms with van der Waals surface area (Å²) >= 11 is 6.72. The van der Waals surface area contributed by atoms with Crippen LogP contribution in [0.25, 0.3) is 33.4 Å². The van der Waals surface area contributed by atoms with Gasteiger partial charge >= 0.3 is 0 Å². The van der Waals surface area contributed by atoms with Gasteiger partial charge in [0.2, 0.25) is 5.91 Å². The van der Waals surface area contributed by atoms with Crippen molar-refractivity contribution in [3.05, 3.63) is 100 Å². The second-order valence-corrected chi connectivity index (χ2v) is 9.81. The van der Waals surface area contributed by atoms with Crippen LogP contribution in [0.2, 0.25) is 5.02 Å². The van der Waals surface area contributed by atoms with Crippen molar-refractivity contribution in [2.45, 2.75) is 13.0 Å². The van der Waals surface area contributed by atoms with Gasteiger partial charge in [-0.1, -0.05) is 48.0 Å². The fourth-order valence-electron chi connectivity index (χ4n) is 5.25. The topological polar surface area (TPSA) is 68.5 Å². The molecule has 0 atom stereocenters. The van der Waals surface area contributed by atoms with E-state index in [1.807, 2.05) is 24.4 Å². The number of hydrogen-bond acceptors (Lipinski definition) is 4. The first-order valence-corrected chi connectivity index (χ1v) is 12.5. The summed E-state index contributed by atoms with van der Waals surface area (Å²) in [6.07, 6.45) is 4.31. The lowest BCUT2D eigenvalue weighted by Gasteiger charge is -2.27. The van der Waals surface area contributed by atoms with Gasteiger partial charge in [0.15, 0.2) is 0 Å². The Morgan fingerprint density at radius 3 is 2.50 bits per heavy atom. The van der Waals surface area contributed by atoms with Gasteiger partial charge in [-0.15, -0.1) is 0 Å². The lowest BCUT2D eigenvalue weighted by molar-refractivity contribution is 0.0342. The van der Waals surface area contributed by atoms with Gasteiger partial charge in [-0.3, -0.25) is 14.7 Å². The second-order valence-electron chi connectivity index (χ2n) is 9.40.